The van der Waals surface area contributed by atoms with Crippen LogP contribution in [0.25, 0.3) is 11.3 Å². The van der Waals surface area contributed by atoms with Gasteiger partial charge < -0.3 is 19.6 Å². The van der Waals surface area contributed by atoms with Crippen molar-refractivity contribution in [3.05, 3.63) is 59.7 Å². The van der Waals surface area contributed by atoms with E-state index in [1.54, 1.807) is 20.8 Å². The van der Waals surface area contributed by atoms with Crippen LogP contribution in [-0.4, -0.2) is 46.6 Å². The molecule has 0 unspecified atom stereocenters. The fourth-order valence-corrected chi connectivity index (χ4v) is 4.29. The minimum absolute atomic E-state index is 0.213. The van der Waals surface area contributed by atoms with Gasteiger partial charge in [0.15, 0.2) is 5.82 Å². The fourth-order valence-electron chi connectivity index (χ4n) is 2.97. The smallest absolute Gasteiger partial charge is 0.371 e. The predicted molar refractivity (Wildman–Crippen MR) is 113 cm³/mol. The number of ether oxygens (including phenoxy) is 1. The maximum Gasteiger partial charge on any atom is 0.371 e. The zero-order valence-electron chi connectivity index (χ0n) is 18.3. The van der Waals surface area contributed by atoms with Crippen molar-refractivity contribution < 1.29 is 41.0 Å². The summed E-state index contributed by atoms with van der Waals surface area (Å²) in [6.45, 7) is 4.42. The number of furan rings is 1. The molecule has 2 N–H and O–H groups in total. The van der Waals surface area contributed by atoms with Gasteiger partial charge in [-0.15, -0.1) is 0 Å². The lowest BCUT2D eigenvalue weighted by Crippen LogP contribution is -2.31. The highest BCUT2D eigenvalue weighted by atomic mass is 32.2. The van der Waals surface area contributed by atoms with Gasteiger partial charge in [-0.3, -0.25) is 4.79 Å². The van der Waals surface area contributed by atoms with Crippen molar-refractivity contribution in [2.45, 2.75) is 38.0 Å². The fraction of sp³-hybridized carbons (Fsp3) is 0.286. The van der Waals surface area contributed by atoms with Crippen molar-refractivity contribution in [2.24, 2.45) is 0 Å². The molecule has 0 atom stereocenters. The van der Waals surface area contributed by atoms with Gasteiger partial charge in [0.05, 0.1) is 12.1 Å². The lowest BCUT2D eigenvalue weighted by atomic mass is 10.2. The largest absolute Gasteiger partial charge is 0.475 e. The summed E-state index contributed by atoms with van der Waals surface area (Å²) in [4.78, 5) is 26.4. The monoisotopic (exact) mass is 497 g/mol. The number of aromatic carboxylic acids is 1. The number of nitrogens with zero attached hydrogens (tertiary/aromatic N) is 2. The van der Waals surface area contributed by atoms with E-state index in [9.17, 15) is 22.4 Å². The van der Waals surface area contributed by atoms with Gasteiger partial charge in [0.2, 0.25) is 16.8 Å². The Hall–Kier alpha value is -3.58. The number of aromatic nitrogens is 2. The van der Waals surface area contributed by atoms with E-state index in [0.29, 0.717) is 3.97 Å². The molecule has 0 aromatic carbocycles. The van der Waals surface area contributed by atoms with Crippen LogP contribution in [0.15, 0.2) is 46.2 Å². The average molecular weight is 497 g/mol. The highest BCUT2D eigenvalue weighted by Crippen LogP contribution is 2.32. The molecule has 0 aliphatic carbocycles. The molecule has 0 spiro atoms. The molecule has 0 saturated heterocycles. The van der Waals surface area contributed by atoms with Crippen LogP contribution < -0.4 is 5.32 Å². The van der Waals surface area contributed by atoms with E-state index in [2.05, 4.69) is 10.3 Å². The van der Waals surface area contributed by atoms with Crippen LogP contribution in [0, 0.1) is 11.8 Å². The molecule has 3 aromatic heterocycles. The van der Waals surface area contributed by atoms with Crippen molar-refractivity contribution in [3.63, 3.8) is 0 Å². The third-order valence-electron chi connectivity index (χ3n) is 4.31. The Kier molecular flexibility index (Phi) is 6.89. The first-order valence-electron chi connectivity index (χ1n) is 9.83. The number of carbonyl (C=O) groups is 2. The number of carbonyl (C=O) groups excluding carboxylic acids is 1. The lowest BCUT2D eigenvalue weighted by Gasteiger charge is -2.19. The summed E-state index contributed by atoms with van der Waals surface area (Å²) in [6, 6.07) is 4.23. The lowest BCUT2D eigenvalue weighted by molar-refractivity contribution is -0.153. The standard InChI is InChI=1S/C21H21F2N3O7S/c1-21(2,3)33-15(27)10-24-9-12-11-26(18(17(12)22)13-5-4-8-25-19(13)23)34(30,31)16-7-6-14(32-16)20(28)29/h4-8,11,24H,9-10H2,1-3H3,(H,28,29). The maximum atomic E-state index is 15.4. The molecule has 0 aliphatic heterocycles. The minimum Gasteiger partial charge on any atom is -0.475 e. The molecule has 3 rings (SSSR count). The summed E-state index contributed by atoms with van der Waals surface area (Å²) >= 11 is 0. The first-order chi connectivity index (χ1) is 15.8. The minimum atomic E-state index is -4.68. The molecule has 13 heteroatoms. The summed E-state index contributed by atoms with van der Waals surface area (Å²) in [5, 5.41) is 10.9. The third kappa shape index (κ3) is 5.31. The summed E-state index contributed by atoms with van der Waals surface area (Å²) in [6.07, 6.45) is 1.99. The van der Waals surface area contributed by atoms with E-state index < -0.39 is 61.4 Å². The average Bonchev–Trinajstić information content (AvgIpc) is 3.34. The van der Waals surface area contributed by atoms with Crippen molar-refractivity contribution in [2.75, 3.05) is 6.54 Å². The van der Waals surface area contributed by atoms with E-state index in [0.717, 1.165) is 30.6 Å². The van der Waals surface area contributed by atoms with Crippen LogP contribution in [-0.2, 0) is 26.1 Å². The molecule has 34 heavy (non-hydrogen) atoms. The number of carboxylic acid groups (broad SMARTS) is 1. The Balaban J connectivity index is 2.02. The molecular formula is C21H21F2N3O7S. The van der Waals surface area contributed by atoms with Crippen LogP contribution in [0.5, 0.6) is 0 Å². The van der Waals surface area contributed by atoms with Crippen molar-refractivity contribution in [1.82, 2.24) is 14.3 Å². The molecule has 0 bridgehead atoms. The van der Waals surface area contributed by atoms with Crippen LogP contribution in [0.4, 0.5) is 8.78 Å². The number of halogens is 2. The molecule has 0 aliphatic rings. The predicted octanol–water partition coefficient (Wildman–Crippen LogP) is 2.79. The number of nitrogens with one attached hydrogen (secondary N) is 1. The van der Waals surface area contributed by atoms with E-state index >= 15 is 4.39 Å². The van der Waals surface area contributed by atoms with Crippen LogP contribution in [0.2, 0.25) is 0 Å². The maximum absolute atomic E-state index is 15.4. The third-order valence-corrected chi connectivity index (χ3v) is 5.84. The molecule has 0 radical (unpaired) electrons. The number of hydrogen-bond donors (Lipinski definition) is 2. The van der Waals surface area contributed by atoms with Crippen LogP contribution in [0.1, 0.15) is 36.9 Å². The summed E-state index contributed by atoms with van der Waals surface area (Å²) in [5.74, 6) is -4.99. The SMILES string of the molecule is CC(C)(C)OC(=O)CNCc1cn(S(=O)(=O)c2ccc(C(=O)O)o2)c(-c2cccnc2F)c1F. The Morgan fingerprint density at radius 3 is 2.53 bits per heavy atom. The van der Waals surface area contributed by atoms with Gasteiger partial charge in [-0.05, 0) is 45.0 Å². The topological polar surface area (TPSA) is 141 Å². The number of carboxylic acids is 1. The van der Waals surface area contributed by atoms with Crippen molar-refractivity contribution in [1.29, 1.82) is 0 Å². The highest BCUT2D eigenvalue weighted by molar-refractivity contribution is 7.89. The van der Waals surface area contributed by atoms with Crippen molar-refractivity contribution in [3.8, 4) is 11.3 Å². The van der Waals surface area contributed by atoms with E-state index in [1.165, 1.54) is 6.07 Å². The van der Waals surface area contributed by atoms with E-state index in [-0.39, 0.29) is 18.7 Å². The Morgan fingerprint density at radius 1 is 1.24 bits per heavy atom. The molecule has 0 fully saturated rings. The van der Waals surface area contributed by atoms with Crippen LogP contribution in [0.3, 0.4) is 0 Å². The molecular weight excluding hydrogens is 476 g/mol. The second-order valence-corrected chi connectivity index (χ2v) is 9.82. The second kappa shape index (κ2) is 9.35. The van der Waals surface area contributed by atoms with Gasteiger partial charge >= 0.3 is 22.0 Å². The normalized spacial score (nSPS) is 12.0. The zero-order chi connectivity index (χ0) is 25.3. The van der Waals surface area contributed by atoms with E-state index in [1.807, 2.05) is 0 Å². The number of pyridine rings is 1. The Bertz CT molecular complexity index is 1340. The van der Waals surface area contributed by atoms with Gasteiger partial charge in [0, 0.05) is 24.5 Å². The van der Waals surface area contributed by atoms with E-state index in [4.69, 9.17) is 14.3 Å². The Morgan fingerprint density at radius 2 is 1.94 bits per heavy atom. The molecule has 182 valence electrons. The zero-order valence-corrected chi connectivity index (χ0v) is 19.2. The highest BCUT2D eigenvalue weighted by Gasteiger charge is 2.31. The molecule has 0 saturated carbocycles. The van der Waals surface area contributed by atoms with Crippen molar-refractivity contribution >= 4 is 22.0 Å². The summed E-state index contributed by atoms with van der Waals surface area (Å²) in [5.41, 5.74) is -2.07. The van der Waals surface area contributed by atoms with Crippen LogP contribution >= 0.6 is 0 Å². The van der Waals surface area contributed by atoms with Gasteiger partial charge in [-0.2, -0.15) is 12.8 Å². The number of esters is 1. The molecule has 3 aromatic rings. The van der Waals surface area contributed by atoms with Gasteiger partial charge in [-0.25, -0.2) is 18.1 Å². The molecule has 0 amide bonds. The Labute approximate surface area is 193 Å². The summed E-state index contributed by atoms with van der Waals surface area (Å²) in [7, 11) is -4.68. The first kappa shape index (κ1) is 25.1. The number of rotatable bonds is 8. The molecule has 10 nitrogen and oxygen atoms in total. The number of hydrogen-bond acceptors (Lipinski definition) is 8. The second-order valence-electron chi connectivity index (χ2n) is 8.07. The molecule has 3 heterocycles. The van der Waals surface area contributed by atoms with Gasteiger partial charge in [-0.1, -0.05) is 0 Å². The quantitative estimate of drug-likeness (QED) is 0.355. The first-order valence-corrected chi connectivity index (χ1v) is 11.3. The van der Waals surface area contributed by atoms with Gasteiger partial charge in [0.1, 0.15) is 11.3 Å². The summed E-state index contributed by atoms with van der Waals surface area (Å²) < 4.78 is 66.5. The van der Waals surface area contributed by atoms with Gasteiger partial charge in [0.25, 0.3) is 0 Å².